The van der Waals surface area contributed by atoms with Crippen LogP contribution in [-0.4, -0.2) is 27.9 Å². The number of amides is 1. The molecule has 0 unspecified atom stereocenters. The summed E-state index contributed by atoms with van der Waals surface area (Å²) in [5, 5.41) is 8.39. The van der Waals surface area contributed by atoms with Crippen molar-refractivity contribution in [3.05, 3.63) is 59.2 Å². The molecule has 1 atom stereocenters. The van der Waals surface area contributed by atoms with Gasteiger partial charge in [-0.05, 0) is 51.0 Å². The largest absolute Gasteiger partial charge is 0.411 e. The molecule has 1 aliphatic heterocycles. The zero-order valence-corrected chi connectivity index (χ0v) is 16.4. The van der Waals surface area contributed by atoms with E-state index in [-0.39, 0.29) is 11.2 Å². The Morgan fingerprint density at radius 2 is 1.89 bits per heavy atom. The van der Waals surface area contributed by atoms with Crippen LogP contribution < -0.4 is 4.90 Å². The normalized spacial score (nSPS) is 14.3. The number of para-hydroxylation sites is 1. The second-order valence-corrected chi connectivity index (χ2v) is 8.17. The molecule has 5 nitrogen and oxygen atoms in total. The molecule has 138 valence electrons. The minimum atomic E-state index is -0.302. The zero-order chi connectivity index (χ0) is 19.0. The Labute approximate surface area is 162 Å². The van der Waals surface area contributed by atoms with Gasteiger partial charge in [0.25, 0.3) is 5.22 Å². The van der Waals surface area contributed by atoms with Crippen LogP contribution in [0.5, 0.6) is 0 Å². The van der Waals surface area contributed by atoms with Gasteiger partial charge in [0.2, 0.25) is 11.8 Å². The fourth-order valence-corrected chi connectivity index (χ4v) is 4.21. The van der Waals surface area contributed by atoms with E-state index < -0.39 is 0 Å². The van der Waals surface area contributed by atoms with E-state index in [1.807, 2.05) is 56.0 Å². The lowest BCUT2D eigenvalue weighted by atomic mass is 10.1. The van der Waals surface area contributed by atoms with Crippen molar-refractivity contribution in [3.63, 3.8) is 0 Å². The van der Waals surface area contributed by atoms with Crippen LogP contribution in [-0.2, 0) is 11.2 Å². The number of carbonyl (C=O) groups excluding carboxylic acids is 1. The maximum absolute atomic E-state index is 12.9. The summed E-state index contributed by atoms with van der Waals surface area (Å²) in [7, 11) is 0. The highest BCUT2D eigenvalue weighted by molar-refractivity contribution is 8.00. The summed E-state index contributed by atoms with van der Waals surface area (Å²) < 4.78 is 5.80. The van der Waals surface area contributed by atoms with Gasteiger partial charge >= 0.3 is 0 Å². The molecule has 2 heterocycles. The topological polar surface area (TPSA) is 59.2 Å². The Balaban J connectivity index is 1.48. The minimum absolute atomic E-state index is 0.0658. The molecule has 0 N–H and O–H groups in total. The first-order valence-electron chi connectivity index (χ1n) is 8.99. The van der Waals surface area contributed by atoms with Crippen molar-refractivity contribution < 1.29 is 9.21 Å². The number of nitrogens with zero attached hydrogens (tertiary/aromatic N) is 3. The lowest BCUT2D eigenvalue weighted by Gasteiger charge is -2.20. The number of fused-ring (bicyclic) bond motifs is 1. The van der Waals surface area contributed by atoms with Gasteiger partial charge in [0.05, 0.1) is 5.25 Å². The molecule has 0 fully saturated rings. The smallest absolute Gasteiger partial charge is 0.277 e. The molecule has 6 heteroatoms. The average molecular weight is 379 g/mol. The number of anilines is 1. The molecule has 1 aliphatic rings. The summed E-state index contributed by atoms with van der Waals surface area (Å²) in [5.74, 6) is 0.548. The second kappa shape index (κ2) is 7.19. The van der Waals surface area contributed by atoms with Crippen LogP contribution in [0.2, 0.25) is 0 Å². The van der Waals surface area contributed by atoms with Gasteiger partial charge in [-0.25, -0.2) is 0 Å². The van der Waals surface area contributed by atoms with Crippen LogP contribution >= 0.6 is 11.8 Å². The fourth-order valence-electron chi connectivity index (χ4n) is 3.46. The molecule has 4 rings (SSSR count). The Kier molecular flexibility index (Phi) is 4.74. The second-order valence-electron chi connectivity index (χ2n) is 6.88. The van der Waals surface area contributed by atoms with Crippen molar-refractivity contribution in [2.45, 2.75) is 37.7 Å². The van der Waals surface area contributed by atoms with Crippen molar-refractivity contribution in [3.8, 4) is 11.5 Å². The van der Waals surface area contributed by atoms with Gasteiger partial charge in [-0.1, -0.05) is 47.2 Å². The summed E-state index contributed by atoms with van der Waals surface area (Å²) >= 11 is 1.31. The molecule has 3 aromatic rings. The molecule has 2 aromatic carbocycles. The molecule has 1 aromatic heterocycles. The van der Waals surface area contributed by atoms with E-state index >= 15 is 0 Å². The number of aryl methyl sites for hydroxylation is 2. The van der Waals surface area contributed by atoms with E-state index in [1.54, 1.807) is 0 Å². The SMILES string of the molecule is Cc1cc(C)cc(-c2nnc(S[C@@H](C)C(=O)N3CCc4ccccc43)o2)c1. The molecular formula is C21H21N3O2S. The molecular weight excluding hydrogens is 358 g/mol. The van der Waals surface area contributed by atoms with E-state index in [1.165, 1.54) is 17.3 Å². The van der Waals surface area contributed by atoms with E-state index in [2.05, 4.69) is 22.3 Å². The van der Waals surface area contributed by atoms with Crippen molar-refractivity contribution in [1.82, 2.24) is 10.2 Å². The first kappa shape index (κ1) is 17.8. The first-order chi connectivity index (χ1) is 13.0. The van der Waals surface area contributed by atoms with Gasteiger partial charge in [-0.15, -0.1) is 10.2 Å². The third-order valence-corrected chi connectivity index (χ3v) is 5.58. The number of thioether (sulfide) groups is 1. The van der Waals surface area contributed by atoms with Crippen LogP contribution in [0.25, 0.3) is 11.5 Å². The Hall–Kier alpha value is -2.60. The van der Waals surface area contributed by atoms with Gasteiger partial charge < -0.3 is 9.32 Å². The van der Waals surface area contributed by atoms with Crippen LogP contribution in [0.15, 0.2) is 52.1 Å². The molecule has 0 bridgehead atoms. The van der Waals surface area contributed by atoms with Gasteiger partial charge in [-0.3, -0.25) is 4.79 Å². The van der Waals surface area contributed by atoms with Gasteiger partial charge in [-0.2, -0.15) is 0 Å². The van der Waals surface area contributed by atoms with Crippen LogP contribution in [0.4, 0.5) is 5.69 Å². The molecule has 0 spiro atoms. The Bertz CT molecular complexity index is 978. The van der Waals surface area contributed by atoms with E-state index in [9.17, 15) is 4.79 Å². The van der Waals surface area contributed by atoms with Crippen LogP contribution in [0.3, 0.4) is 0 Å². The Morgan fingerprint density at radius 1 is 1.15 bits per heavy atom. The number of benzene rings is 2. The monoisotopic (exact) mass is 379 g/mol. The van der Waals surface area contributed by atoms with E-state index in [4.69, 9.17) is 4.42 Å². The summed E-state index contributed by atoms with van der Waals surface area (Å²) in [5.41, 5.74) is 5.43. The Morgan fingerprint density at radius 3 is 2.67 bits per heavy atom. The number of aromatic nitrogens is 2. The number of rotatable bonds is 4. The average Bonchev–Trinajstić information content (AvgIpc) is 3.27. The number of hydrogen-bond acceptors (Lipinski definition) is 5. The zero-order valence-electron chi connectivity index (χ0n) is 15.6. The van der Waals surface area contributed by atoms with Crippen molar-refractivity contribution in [2.75, 3.05) is 11.4 Å². The summed E-state index contributed by atoms with van der Waals surface area (Å²) in [6, 6.07) is 14.2. The van der Waals surface area contributed by atoms with Crippen LogP contribution in [0, 0.1) is 13.8 Å². The molecule has 0 saturated carbocycles. The van der Waals surface area contributed by atoms with Gasteiger partial charge in [0, 0.05) is 17.8 Å². The molecule has 27 heavy (non-hydrogen) atoms. The van der Waals surface area contributed by atoms with Crippen molar-refractivity contribution in [1.29, 1.82) is 0 Å². The lowest BCUT2D eigenvalue weighted by Crippen LogP contribution is -2.35. The highest BCUT2D eigenvalue weighted by Gasteiger charge is 2.29. The van der Waals surface area contributed by atoms with E-state index in [0.717, 1.165) is 35.3 Å². The number of carbonyl (C=O) groups is 1. The van der Waals surface area contributed by atoms with Crippen molar-refractivity contribution in [2.24, 2.45) is 0 Å². The quantitative estimate of drug-likeness (QED) is 0.628. The molecule has 1 amide bonds. The summed E-state index contributed by atoms with van der Waals surface area (Å²) in [6.07, 6.45) is 0.900. The van der Waals surface area contributed by atoms with E-state index in [0.29, 0.717) is 11.1 Å². The third-order valence-electron chi connectivity index (χ3n) is 4.65. The molecule has 0 saturated heterocycles. The van der Waals surface area contributed by atoms with Crippen molar-refractivity contribution >= 4 is 23.4 Å². The maximum atomic E-state index is 12.9. The molecule has 0 radical (unpaired) electrons. The van der Waals surface area contributed by atoms with Gasteiger partial charge in [0.1, 0.15) is 0 Å². The maximum Gasteiger partial charge on any atom is 0.277 e. The summed E-state index contributed by atoms with van der Waals surface area (Å²) in [6.45, 7) is 6.68. The minimum Gasteiger partial charge on any atom is -0.411 e. The third kappa shape index (κ3) is 3.62. The highest BCUT2D eigenvalue weighted by Crippen LogP contribution is 2.32. The molecule has 0 aliphatic carbocycles. The standard InChI is InChI=1S/C21H21N3O2S/c1-13-10-14(2)12-17(11-13)19-22-23-21(26-19)27-15(3)20(25)24-9-8-16-6-4-5-7-18(16)24/h4-7,10-12,15H,8-9H2,1-3H3/t15-/m0/s1. The predicted octanol–water partition coefficient (Wildman–Crippen LogP) is 4.42. The predicted molar refractivity (Wildman–Crippen MR) is 107 cm³/mol. The summed E-state index contributed by atoms with van der Waals surface area (Å²) in [4.78, 5) is 14.7. The lowest BCUT2D eigenvalue weighted by molar-refractivity contribution is -0.117. The van der Waals surface area contributed by atoms with Gasteiger partial charge in [0.15, 0.2) is 0 Å². The first-order valence-corrected chi connectivity index (χ1v) is 9.87. The highest BCUT2D eigenvalue weighted by atomic mass is 32.2. The number of hydrogen-bond donors (Lipinski definition) is 0. The van der Waals surface area contributed by atoms with Crippen LogP contribution in [0.1, 0.15) is 23.6 Å². The fraction of sp³-hybridized carbons (Fsp3) is 0.286.